The van der Waals surface area contributed by atoms with Crippen LogP contribution in [0.4, 0.5) is 4.79 Å². The topological polar surface area (TPSA) is 64.3 Å². The third kappa shape index (κ3) is 7.91. The Morgan fingerprint density at radius 3 is 1.87 bits per heavy atom. The Balaban J connectivity index is 1.33. The number of carbonyl (C=O) groups excluding carboxylic acids is 1. The van der Waals surface area contributed by atoms with Crippen LogP contribution >= 0.6 is 0 Å². The van der Waals surface area contributed by atoms with Gasteiger partial charge in [0.05, 0.1) is 0 Å². The number of amides is 1. The van der Waals surface area contributed by atoms with Crippen molar-refractivity contribution in [2.75, 3.05) is 13.1 Å². The lowest BCUT2D eigenvalue weighted by molar-refractivity contribution is 0.139. The summed E-state index contributed by atoms with van der Waals surface area (Å²) >= 11 is 0. The first-order valence-corrected chi connectivity index (χ1v) is 11.1. The summed E-state index contributed by atoms with van der Waals surface area (Å²) < 4.78 is 5.22. The molecule has 0 aromatic heterocycles. The summed E-state index contributed by atoms with van der Waals surface area (Å²) in [5.74, 6) is 0. The van der Waals surface area contributed by atoms with Gasteiger partial charge in [-0.1, -0.05) is 78.9 Å². The van der Waals surface area contributed by atoms with Crippen LogP contribution in [-0.4, -0.2) is 19.2 Å². The first-order chi connectivity index (χ1) is 15.2. The summed E-state index contributed by atoms with van der Waals surface area (Å²) in [4.78, 5) is 11.8. The normalized spacial score (nSPS) is 10.6. The summed E-state index contributed by atoms with van der Waals surface area (Å²) in [6.07, 6.45) is 4.65. The number of hydrogen-bond acceptors (Lipinski definition) is 3. The van der Waals surface area contributed by atoms with E-state index in [0.717, 1.165) is 44.2 Å². The molecule has 0 radical (unpaired) electrons. The molecule has 0 saturated carbocycles. The Labute approximate surface area is 185 Å². The number of alkyl carbamates (subject to hydrolysis) is 1. The van der Waals surface area contributed by atoms with E-state index in [4.69, 9.17) is 10.5 Å². The molecule has 0 spiro atoms. The largest absolute Gasteiger partial charge is 0.445 e. The molecule has 3 rings (SSSR count). The predicted molar refractivity (Wildman–Crippen MR) is 127 cm³/mol. The average Bonchev–Trinajstić information content (AvgIpc) is 2.82. The monoisotopic (exact) mass is 416 g/mol. The minimum atomic E-state index is -0.359. The summed E-state index contributed by atoms with van der Waals surface area (Å²) in [7, 11) is 0. The Morgan fingerprint density at radius 2 is 1.29 bits per heavy atom. The van der Waals surface area contributed by atoms with Gasteiger partial charge in [-0.25, -0.2) is 4.79 Å². The van der Waals surface area contributed by atoms with Crippen LogP contribution < -0.4 is 11.1 Å². The van der Waals surface area contributed by atoms with Crippen LogP contribution in [0.1, 0.15) is 36.0 Å². The molecule has 1 amide bonds. The summed E-state index contributed by atoms with van der Waals surface area (Å²) in [5, 5.41) is 2.82. The zero-order chi connectivity index (χ0) is 21.7. The molecular formula is C27H32N2O2. The van der Waals surface area contributed by atoms with Crippen molar-refractivity contribution in [3.63, 3.8) is 0 Å². The second-order valence-electron chi connectivity index (χ2n) is 7.73. The number of rotatable bonds is 11. The Bertz CT molecular complexity index is 906. The molecule has 0 aliphatic heterocycles. The third-order valence-electron chi connectivity index (χ3n) is 5.29. The predicted octanol–water partition coefficient (Wildman–Crippen LogP) is 5.49. The summed E-state index contributed by atoms with van der Waals surface area (Å²) in [5.41, 5.74) is 11.7. The van der Waals surface area contributed by atoms with E-state index in [2.05, 4.69) is 53.8 Å². The number of hydrogen-bond donors (Lipinski definition) is 2. The fourth-order valence-electron chi connectivity index (χ4n) is 3.45. The van der Waals surface area contributed by atoms with Crippen LogP contribution in [0.2, 0.25) is 0 Å². The van der Waals surface area contributed by atoms with E-state index in [9.17, 15) is 4.79 Å². The molecule has 0 aliphatic rings. The van der Waals surface area contributed by atoms with Crippen molar-refractivity contribution in [3.8, 4) is 11.1 Å². The molecule has 0 aliphatic carbocycles. The number of aryl methyl sites for hydroxylation is 2. The molecule has 3 aromatic carbocycles. The molecule has 0 heterocycles. The van der Waals surface area contributed by atoms with Gasteiger partial charge in [0, 0.05) is 6.54 Å². The molecule has 3 N–H and O–H groups in total. The number of ether oxygens (including phenoxy) is 1. The van der Waals surface area contributed by atoms with Gasteiger partial charge in [0.1, 0.15) is 6.61 Å². The zero-order valence-electron chi connectivity index (χ0n) is 18.1. The molecule has 162 valence electrons. The quantitative estimate of drug-likeness (QED) is 0.406. The van der Waals surface area contributed by atoms with Gasteiger partial charge >= 0.3 is 6.09 Å². The Morgan fingerprint density at radius 1 is 0.710 bits per heavy atom. The van der Waals surface area contributed by atoms with Crippen molar-refractivity contribution in [2.45, 2.75) is 38.7 Å². The second kappa shape index (κ2) is 12.6. The highest BCUT2D eigenvalue weighted by Crippen LogP contribution is 2.21. The molecule has 0 atom stereocenters. The van der Waals surface area contributed by atoms with Crippen LogP contribution in [0.25, 0.3) is 11.1 Å². The van der Waals surface area contributed by atoms with E-state index in [-0.39, 0.29) is 6.09 Å². The highest BCUT2D eigenvalue weighted by atomic mass is 16.5. The SMILES string of the molecule is NCCCc1ccc(-c2ccc(CCCCNC(=O)OCc3ccccc3)cc2)cc1. The smallest absolute Gasteiger partial charge is 0.407 e. The maximum atomic E-state index is 11.8. The average molecular weight is 417 g/mol. The molecule has 0 saturated heterocycles. The fraction of sp³-hybridized carbons (Fsp3) is 0.296. The van der Waals surface area contributed by atoms with Crippen molar-refractivity contribution < 1.29 is 9.53 Å². The van der Waals surface area contributed by atoms with Crippen molar-refractivity contribution in [2.24, 2.45) is 5.73 Å². The van der Waals surface area contributed by atoms with E-state index < -0.39 is 0 Å². The molecule has 4 heteroatoms. The Hall–Kier alpha value is -3.11. The van der Waals surface area contributed by atoms with E-state index in [0.29, 0.717) is 13.2 Å². The summed E-state index contributed by atoms with van der Waals surface area (Å²) in [6, 6.07) is 27.2. The van der Waals surface area contributed by atoms with Gasteiger partial charge in [-0.15, -0.1) is 0 Å². The lowest BCUT2D eigenvalue weighted by Gasteiger charge is -2.08. The second-order valence-corrected chi connectivity index (χ2v) is 7.73. The molecule has 0 fully saturated rings. The summed E-state index contributed by atoms with van der Waals surface area (Å²) in [6.45, 7) is 1.66. The molecule has 3 aromatic rings. The number of unbranched alkanes of at least 4 members (excludes halogenated alkanes) is 1. The van der Waals surface area contributed by atoms with E-state index in [1.807, 2.05) is 30.3 Å². The minimum absolute atomic E-state index is 0.301. The van der Waals surface area contributed by atoms with Crippen molar-refractivity contribution in [1.29, 1.82) is 0 Å². The lowest BCUT2D eigenvalue weighted by Crippen LogP contribution is -2.25. The zero-order valence-corrected chi connectivity index (χ0v) is 18.1. The maximum absolute atomic E-state index is 11.8. The van der Waals surface area contributed by atoms with Gasteiger partial charge in [-0.2, -0.15) is 0 Å². The van der Waals surface area contributed by atoms with Gasteiger partial charge in [-0.05, 0) is 66.5 Å². The van der Waals surface area contributed by atoms with Crippen LogP contribution in [0.3, 0.4) is 0 Å². The van der Waals surface area contributed by atoms with Gasteiger partial charge in [0.15, 0.2) is 0 Å². The molecule has 4 nitrogen and oxygen atoms in total. The van der Waals surface area contributed by atoms with E-state index in [1.165, 1.54) is 22.3 Å². The molecule has 0 bridgehead atoms. The molecule has 31 heavy (non-hydrogen) atoms. The third-order valence-corrected chi connectivity index (χ3v) is 5.29. The van der Waals surface area contributed by atoms with E-state index in [1.54, 1.807) is 0 Å². The van der Waals surface area contributed by atoms with Crippen molar-refractivity contribution in [1.82, 2.24) is 5.32 Å². The lowest BCUT2D eigenvalue weighted by atomic mass is 10.00. The first kappa shape index (κ1) is 22.6. The van der Waals surface area contributed by atoms with Crippen LogP contribution in [-0.2, 0) is 24.2 Å². The van der Waals surface area contributed by atoms with Gasteiger partial charge in [0.2, 0.25) is 0 Å². The number of nitrogens with two attached hydrogens (primary N) is 1. The number of nitrogens with one attached hydrogen (secondary N) is 1. The van der Waals surface area contributed by atoms with Crippen molar-refractivity contribution in [3.05, 3.63) is 95.6 Å². The highest BCUT2D eigenvalue weighted by molar-refractivity contribution is 5.67. The van der Waals surface area contributed by atoms with Gasteiger partial charge < -0.3 is 15.8 Å². The van der Waals surface area contributed by atoms with E-state index >= 15 is 0 Å². The first-order valence-electron chi connectivity index (χ1n) is 11.1. The molecule has 0 unspecified atom stereocenters. The maximum Gasteiger partial charge on any atom is 0.407 e. The minimum Gasteiger partial charge on any atom is -0.445 e. The van der Waals surface area contributed by atoms with Crippen LogP contribution in [0.15, 0.2) is 78.9 Å². The number of carbonyl (C=O) groups is 1. The van der Waals surface area contributed by atoms with Gasteiger partial charge in [-0.3, -0.25) is 0 Å². The fourth-order valence-corrected chi connectivity index (χ4v) is 3.45. The highest BCUT2D eigenvalue weighted by Gasteiger charge is 2.03. The van der Waals surface area contributed by atoms with Crippen molar-refractivity contribution >= 4 is 6.09 Å². The number of benzene rings is 3. The van der Waals surface area contributed by atoms with Crippen LogP contribution in [0, 0.1) is 0 Å². The molecular weight excluding hydrogens is 384 g/mol. The van der Waals surface area contributed by atoms with Gasteiger partial charge in [0.25, 0.3) is 0 Å². The van der Waals surface area contributed by atoms with Crippen LogP contribution in [0.5, 0.6) is 0 Å². The Kier molecular flexibility index (Phi) is 9.14. The standard InChI is InChI=1S/C27H32N2O2/c28-19-6-10-23-13-17-26(18-14-23)25-15-11-22(12-16-25)7-4-5-20-29-27(30)31-21-24-8-2-1-3-9-24/h1-3,8-9,11-18H,4-7,10,19-21,28H2,(H,29,30).